The number of likely N-dealkylation sites (tertiary alicyclic amines) is 1. The van der Waals surface area contributed by atoms with Crippen LogP contribution in [-0.2, 0) is 4.79 Å². The largest absolute Gasteiger partial charge is 0.324 e. The zero-order chi connectivity index (χ0) is 10.7. The third kappa shape index (κ3) is 2.47. The van der Waals surface area contributed by atoms with Crippen LogP contribution >= 0.6 is 0 Å². The number of nitrogens with one attached hydrogen (secondary N) is 1. The van der Waals surface area contributed by atoms with Crippen LogP contribution in [0.3, 0.4) is 0 Å². The summed E-state index contributed by atoms with van der Waals surface area (Å²) < 4.78 is 0. The molecule has 4 heteroatoms. The Morgan fingerprint density at radius 3 is 2.14 bits per heavy atom. The van der Waals surface area contributed by atoms with Gasteiger partial charge in [0, 0.05) is 19.0 Å². The number of hydrogen-bond donors (Lipinski definition) is 1. The third-order valence-electron chi connectivity index (χ3n) is 2.71. The zero-order valence-corrected chi connectivity index (χ0v) is 9.04. The Morgan fingerprint density at radius 2 is 1.71 bits per heavy atom. The first kappa shape index (κ1) is 11.0. The molecule has 1 N–H and O–H groups in total. The number of urea groups is 1. The Hall–Kier alpha value is -1.06. The van der Waals surface area contributed by atoms with Gasteiger partial charge in [-0.05, 0) is 33.1 Å². The van der Waals surface area contributed by atoms with E-state index in [1.807, 2.05) is 13.8 Å². The van der Waals surface area contributed by atoms with Crippen LogP contribution in [0.1, 0.15) is 40.0 Å². The average Bonchev–Trinajstić information content (AvgIpc) is 2.01. The maximum atomic E-state index is 11.6. The summed E-state index contributed by atoms with van der Waals surface area (Å²) in [6.45, 7) is 5.40. The van der Waals surface area contributed by atoms with Crippen LogP contribution in [0.15, 0.2) is 0 Å². The second kappa shape index (κ2) is 4.44. The number of imide groups is 1. The summed E-state index contributed by atoms with van der Waals surface area (Å²) in [4.78, 5) is 24.1. The lowest BCUT2D eigenvalue weighted by Crippen LogP contribution is -2.52. The van der Waals surface area contributed by atoms with Gasteiger partial charge in [0.1, 0.15) is 0 Å². The normalized spacial score (nSPS) is 27.2. The molecule has 0 bridgehead atoms. The highest BCUT2D eigenvalue weighted by Crippen LogP contribution is 2.22. The van der Waals surface area contributed by atoms with E-state index in [0.29, 0.717) is 0 Å². The van der Waals surface area contributed by atoms with E-state index in [1.165, 1.54) is 6.92 Å². The Kier molecular flexibility index (Phi) is 3.49. The number of carbonyl (C=O) groups is 2. The summed E-state index contributed by atoms with van der Waals surface area (Å²) in [5.41, 5.74) is 0. The van der Waals surface area contributed by atoms with E-state index in [-0.39, 0.29) is 24.0 Å². The minimum atomic E-state index is -0.292. The van der Waals surface area contributed by atoms with Gasteiger partial charge in [0.2, 0.25) is 5.91 Å². The van der Waals surface area contributed by atoms with Gasteiger partial charge in [-0.1, -0.05) is 0 Å². The molecule has 80 valence electrons. The van der Waals surface area contributed by atoms with Crippen LogP contribution in [0.2, 0.25) is 0 Å². The number of hydrogen-bond acceptors (Lipinski definition) is 2. The molecule has 2 atom stereocenters. The van der Waals surface area contributed by atoms with Gasteiger partial charge in [-0.3, -0.25) is 10.1 Å². The molecule has 1 saturated heterocycles. The molecule has 14 heavy (non-hydrogen) atoms. The summed E-state index contributed by atoms with van der Waals surface area (Å²) in [6.07, 6.45) is 3.21. The highest BCUT2D eigenvalue weighted by Gasteiger charge is 2.29. The van der Waals surface area contributed by atoms with E-state index >= 15 is 0 Å². The monoisotopic (exact) mass is 198 g/mol. The van der Waals surface area contributed by atoms with Crippen LogP contribution in [0, 0.1) is 0 Å². The molecular weight excluding hydrogens is 180 g/mol. The molecule has 0 spiro atoms. The molecule has 0 aromatic rings. The maximum Gasteiger partial charge on any atom is 0.324 e. The topological polar surface area (TPSA) is 49.4 Å². The summed E-state index contributed by atoms with van der Waals surface area (Å²) in [5, 5.41) is 2.32. The summed E-state index contributed by atoms with van der Waals surface area (Å²) in [7, 11) is 0. The summed E-state index contributed by atoms with van der Waals surface area (Å²) >= 11 is 0. The van der Waals surface area contributed by atoms with Crippen molar-refractivity contribution >= 4 is 11.9 Å². The van der Waals surface area contributed by atoms with Gasteiger partial charge in [-0.2, -0.15) is 0 Å². The second-order valence-corrected chi connectivity index (χ2v) is 4.02. The number of carbonyl (C=O) groups excluding carboxylic acids is 2. The average molecular weight is 198 g/mol. The molecule has 1 aliphatic rings. The molecule has 0 aliphatic carbocycles. The first-order valence-electron chi connectivity index (χ1n) is 5.12. The molecular formula is C10H18N2O2. The smallest absolute Gasteiger partial charge is 0.319 e. The van der Waals surface area contributed by atoms with Crippen molar-refractivity contribution in [1.82, 2.24) is 10.2 Å². The van der Waals surface area contributed by atoms with Crippen molar-refractivity contribution < 1.29 is 9.59 Å². The van der Waals surface area contributed by atoms with E-state index in [2.05, 4.69) is 5.32 Å². The lowest BCUT2D eigenvalue weighted by Gasteiger charge is -2.38. The highest BCUT2D eigenvalue weighted by molar-refractivity contribution is 5.93. The van der Waals surface area contributed by atoms with Crippen LogP contribution < -0.4 is 5.32 Å². The number of rotatable bonds is 0. The summed E-state index contributed by atoms with van der Waals surface area (Å²) in [6, 6.07) is 0.216. The number of piperidine rings is 1. The van der Waals surface area contributed by atoms with Crippen LogP contribution in [0.5, 0.6) is 0 Å². The van der Waals surface area contributed by atoms with Crippen molar-refractivity contribution in [2.24, 2.45) is 0 Å². The second-order valence-electron chi connectivity index (χ2n) is 4.02. The van der Waals surface area contributed by atoms with Gasteiger partial charge in [0.15, 0.2) is 0 Å². The number of amides is 3. The Bertz CT molecular complexity index is 230. The van der Waals surface area contributed by atoms with E-state index in [0.717, 1.165) is 19.3 Å². The molecule has 1 aliphatic heterocycles. The van der Waals surface area contributed by atoms with Crippen molar-refractivity contribution in [2.45, 2.75) is 52.1 Å². The predicted molar refractivity (Wildman–Crippen MR) is 53.8 cm³/mol. The predicted octanol–water partition coefficient (Wildman–Crippen LogP) is 1.51. The van der Waals surface area contributed by atoms with E-state index < -0.39 is 0 Å². The van der Waals surface area contributed by atoms with Gasteiger partial charge < -0.3 is 4.90 Å². The van der Waals surface area contributed by atoms with Crippen molar-refractivity contribution in [2.75, 3.05) is 0 Å². The fourth-order valence-electron chi connectivity index (χ4n) is 2.04. The van der Waals surface area contributed by atoms with Crippen molar-refractivity contribution in [3.63, 3.8) is 0 Å². The molecule has 0 aromatic carbocycles. The first-order chi connectivity index (χ1) is 6.52. The van der Waals surface area contributed by atoms with Crippen molar-refractivity contribution in [1.29, 1.82) is 0 Å². The van der Waals surface area contributed by atoms with Gasteiger partial charge in [0.25, 0.3) is 0 Å². The number of nitrogens with zero attached hydrogens (tertiary/aromatic N) is 1. The van der Waals surface area contributed by atoms with Gasteiger partial charge in [-0.25, -0.2) is 4.79 Å². The highest BCUT2D eigenvalue weighted by atomic mass is 16.2. The minimum Gasteiger partial charge on any atom is -0.319 e. The molecule has 2 unspecified atom stereocenters. The Balaban J connectivity index is 2.62. The van der Waals surface area contributed by atoms with E-state index in [4.69, 9.17) is 0 Å². The third-order valence-corrected chi connectivity index (χ3v) is 2.71. The molecule has 1 fully saturated rings. The SMILES string of the molecule is CC(=O)NC(=O)N1C(C)CCCC1C. The summed E-state index contributed by atoms with van der Waals surface area (Å²) in [5.74, 6) is -0.292. The van der Waals surface area contributed by atoms with Crippen LogP contribution in [0.25, 0.3) is 0 Å². The molecule has 4 nitrogen and oxygen atoms in total. The fraction of sp³-hybridized carbons (Fsp3) is 0.800. The minimum absolute atomic E-state index is 0.234. The maximum absolute atomic E-state index is 11.6. The van der Waals surface area contributed by atoms with Gasteiger partial charge in [-0.15, -0.1) is 0 Å². The fourth-order valence-corrected chi connectivity index (χ4v) is 2.04. The Labute approximate surface area is 84.7 Å². The molecule has 1 heterocycles. The van der Waals surface area contributed by atoms with Crippen molar-refractivity contribution in [3.05, 3.63) is 0 Å². The van der Waals surface area contributed by atoms with Gasteiger partial charge >= 0.3 is 6.03 Å². The molecule has 0 aromatic heterocycles. The lowest BCUT2D eigenvalue weighted by atomic mass is 9.98. The lowest BCUT2D eigenvalue weighted by molar-refractivity contribution is -0.118. The molecule has 0 radical (unpaired) electrons. The van der Waals surface area contributed by atoms with E-state index in [9.17, 15) is 9.59 Å². The standard InChI is InChI=1S/C10H18N2O2/c1-7-5-4-6-8(2)12(7)10(14)11-9(3)13/h7-8H,4-6H2,1-3H3,(H,11,13,14). The zero-order valence-electron chi connectivity index (χ0n) is 9.04. The quantitative estimate of drug-likeness (QED) is 0.641. The van der Waals surface area contributed by atoms with Gasteiger partial charge in [0.05, 0.1) is 0 Å². The Morgan fingerprint density at radius 1 is 1.21 bits per heavy atom. The van der Waals surface area contributed by atoms with Crippen molar-refractivity contribution in [3.8, 4) is 0 Å². The van der Waals surface area contributed by atoms with Crippen LogP contribution in [0.4, 0.5) is 4.79 Å². The van der Waals surface area contributed by atoms with E-state index in [1.54, 1.807) is 4.90 Å². The first-order valence-corrected chi connectivity index (χ1v) is 5.12. The molecule has 3 amide bonds. The molecule has 0 saturated carbocycles. The van der Waals surface area contributed by atoms with Crippen LogP contribution in [-0.4, -0.2) is 28.9 Å². The molecule has 1 rings (SSSR count).